The molecule has 2 heterocycles. The van der Waals surface area contributed by atoms with Gasteiger partial charge in [-0.1, -0.05) is 0 Å². The van der Waals surface area contributed by atoms with Crippen molar-refractivity contribution in [2.45, 2.75) is 31.3 Å². The number of fused-ring (bicyclic) bond motifs is 1. The van der Waals surface area contributed by atoms with Crippen molar-refractivity contribution in [2.24, 2.45) is 5.73 Å². The van der Waals surface area contributed by atoms with E-state index in [1.165, 1.54) is 5.01 Å². The largest absolute Gasteiger partial charge is 0.317 e. The van der Waals surface area contributed by atoms with Crippen molar-refractivity contribution in [3.8, 4) is 0 Å². The molecule has 0 spiro atoms. The highest BCUT2D eigenvalue weighted by atomic mass is 16.2. The number of rotatable bonds is 1. The molecular formula is C9H15N3O2. The van der Waals surface area contributed by atoms with Crippen LogP contribution in [0, 0.1) is 0 Å². The highest BCUT2D eigenvalue weighted by Crippen LogP contribution is 2.27. The quantitative estimate of drug-likeness (QED) is 0.555. The molecule has 0 aromatic heterocycles. The summed E-state index contributed by atoms with van der Waals surface area (Å²) in [5, 5.41) is 3.46. The second kappa shape index (κ2) is 3.03. The molecule has 0 radical (unpaired) electrons. The van der Waals surface area contributed by atoms with E-state index in [9.17, 15) is 9.59 Å². The van der Waals surface area contributed by atoms with E-state index in [2.05, 4.69) is 0 Å². The summed E-state index contributed by atoms with van der Waals surface area (Å²) in [4.78, 5) is 22.7. The zero-order valence-corrected chi connectivity index (χ0v) is 8.27. The van der Waals surface area contributed by atoms with Gasteiger partial charge in [-0.15, -0.1) is 0 Å². The van der Waals surface area contributed by atoms with Crippen LogP contribution in [0.5, 0.6) is 0 Å². The summed E-state index contributed by atoms with van der Waals surface area (Å²) in [5.74, 6) is -0.127. The molecule has 2 aliphatic rings. The fourth-order valence-electron chi connectivity index (χ4n) is 2.08. The van der Waals surface area contributed by atoms with E-state index in [1.807, 2.05) is 5.01 Å². The Kier molecular flexibility index (Phi) is 2.08. The van der Waals surface area contributed by atoms with Gasteiger partial charge in [0.2, 0.25) is 0 Å². The molecule has 0 saturated carbocycles. The predicted octanol–water partition coefficient (Wildman–Crippen LogP) is -0.876. The van der Waals surface area contributed by atoms with Crippen LogP contribution >= 0.6 is 0 Å². The maximum Gasteiger partial charge on any atom is 0.257 e. The van der Waals surface area contributed by atoms with Crippen molar-refractivity contribution in [3.05, 3.63) is 0 Å². The minimum atomic E-state index is -0.803. The van der Waals surface area contributed by atoms with Crippen LogP contribution in [-0.2, 0) is 9.59 Å². The van der Waals surface area contributed by atoms with Crippen LogP contribution in [0.3, 0.4) is 0 Å². The van der Waals surface area contributed by atoms with Gasteiger partial charge in [0.1, 0.15) is 12.3 Å². The first-order valence-corrected chi connectivity index (χ1v) is 4.89. The average molecular weight is 197 g/mol. The molecular weight excluding hydrogens is 182 g/mol. The Labute approximate surface area is 82.8 Å². The normalized spacial score (nSPS) is 38.6. The lowest BCUT2D eigenvalue weighted by atomic mass is 9.95. The standard InChI is InChI=1S/C9H15N3O2/c1-9(10)3-5-11-4-2-7(6-13)12(11)8(9)14/h6-7H,2-5,10H2,1H3. The van der Waals surface area contributed by atoms with Crippen molar-refractivity contribution < 1.29 is 9.59 Å². The fraction of sp³-hybridized carbons (Fsp3) is 0.778. The molecule has 5 nitrogen and oxygen atoms in total. The van der Waals surface area contributed by atoms with E-state index in [0.29, 0.717) is 6.42 Å². The highest BCUT2D eigenvalue weighted by Gasteiger charge is 2.46. The Morgan fingerprint density at radius 1 is 1.57 bits per heavy atom. The van der Waals surface area contributed by atoms with Gasteiger partial charge in [-0.05, 0) is 19.8 Å². The molecule has 0 aromatic carbocycles. The molecule has 2 unspecified atom stereocenters. The van der Waals surface area contributed by atoms with Crippen molar-refractivity contribution in [1.82, 2.24) is 10.0 Å². The lowest BCUT2D eigenvalue weighted by Gasteiger charge is -2.41. The van der Waals surface area contributed by atoms with E-state index in [4.69, 9.17) is 5.73 Å². The molecule has 14 heavy (non-hydrogen) atoms. The monoisotopic (exact) mass is 197 g/mol. The fourth-order valence-corrected chi connectivity index (χ4v) is 2.08. The number of nitrogens with zero attached hydrogens (tertiary/aromatic N) is 2. The van der Waals surface area contributed by atoms with Gasteiger partial charge in [0, 0.05) is 13.1 Å². The molecule has 78 valence electrons. The van der Waals surface area contributed by atoms with Gasteiger partial charge in [-0.25, -0.2) is 5.01 Å². The van der Waals surface area contributed by atoms with Crippen LogP contribution in [0.2, 0.25) is 0 Å². The highest BCUT2D eigenvalue weighted by molar-refractivity contribution is 5.88. The molecule has 5 heteroatoms. The van der Waals surface area contributed by atoms with E-state index in [-0.39, 0.29) is 11.9 Å². The molecule has 2 aliphatic heterocycles. The summed E-state index contributed by atoms with van der Waals surface area (Å²) in [6, 6.07) is -0.300. The molecule has 2 rings (SSSR count). The second-order valence-electron chi connectivity index (χ2n) is 4.26. The number of hydrazine groups is 1. The Balaban J connectivity index is 2.25. The number of hydrogen-bond donors (Lipinski definition) is 1. The van der Waals surface area contributed by atoms with Crippen LogP contribution in [0.25, 0.3) is 0 Å². The number of carbonyl (C=O) groups excluding carboxylic acids is 2. The van der Waals surface area contributed by atoms with E-state index in [1.54, 1.807) is 6.92 Å². The minimum Gasteiger partial charge on any atom is -0.317 e. The number of carbonyl (C=O) groups is 2. The van der Waals surface area contributed by atoms with E-state index in [0.717, 1.165) is 25.8 Å². The van der Waals surface area contributed by atoms with Crippen molar-refractivity contribution in [3.63, 3.8) is 0 Å². The molecule has 2 N–H and O–H groups in total. The Morgan fingerprint density at radius 3 is 2.93 bits per heavy atom. The van der Waals surface area contributed by atoms with Crippen LogP contribution < -0.4 is 5.73 Å². The van der Waals surface area contributed by atoms with Gasteiger partial charge in [0.05, 0.1) is 5.54 Å². The van der Waals surface area contributed by atoms with E-state index >= 15 is 0 Å². The average Bonchev–Trinajstić information content (AvgIpc) is 2.55. The Hall–Kier alpha value is -0.940. The van der Waals surface area contributed by atoms with Crippen LogP contribution in [0.4, 0.5) is 0 Å². The number of aldehydes is 1. The van der Waals surface area contributed by atoms with Gasteiger partial charge in [-0.2, -0.15) is 0 Å². The minimum absolute atomic E-state index is 0.127. The maximum absolute atomic E-state index is 11.9. The summed E-state index contributed by atoms with van der Waals surface area (Å²) < 4.78 is 0. The van der Waals surface area contributed by atoms with Crippen molar-refractivity contribution in [2.75, 3.05) is 13.1 Å². The third-order valence-electron chi connectivity index (χ3n) is 3.04. The molecule has 2 atom stereocenters. The zero-order chi connectivity index (χ0) is 10.3. The first kappa shape index (κ1) is 9.61. The summed E-state index contributed by atoms with van der Waals surface area (Å²) in [7, 11) is 0. The van der Waals surface area contributed by atoms with Crippen molar-refractivity contribution in [1.29, 1.82) is 0 Å². The number of nitrogens with two attached hydrogens (primary N) is 1. The lowest BCUT2D eigenvalue weighted by molar-refractivity contribution is -0.162. The first-order chi connectivity index (χ1) is 6.56. The molecule has 1 amide bonds. The maximum atomic E-state index is 11.9. The van der Waals surface area contributed by atoms with Gasteiger partial charge in [0.25, 0.3) is 5.91 Å². The summed E-state index contributed by atoms with van der Waals surface area (Å²) in [6.07, 6.45) is 2.22. The first-order valence-electron chi connectivity index (χ1n) is 4.89. The van der Waals surface area contributed by atoms with Gasteiger partial charge in [-0.3, -0.25) is 9.80 Å². The predicted molar refractivity (Wildman–Crippen MR) is 50.1 cm³/mol. The van der Waals surface area contributed by atoms with Gasteiger partial charge >= 0.3 is 0 Å². The molecule has 2 saturated heterocycles. The van der Waals surface area contributed by atoms with Crippen LogP contribution in [0.1, 0.15) is 19.8 Å². The smallest absolute Gasteiger partial charge is 0.257 e. The molecule has 0 bridgehead atoms. The van der Waals surface area contributed by atoms with Gasteiger partial charge < -0.3 is 10.5 Å². The summed E-state index contributed by atoms with van der Waals surface area (Å²) in [6.45, 7) is 3.28. The van der Waals surface area contributed by atoms with Crippen LogP contribution in [0.15, 0.2) is 0 Å². The summed E-state index contributed by atoms with van der Waals surface area (Å²) in [5.41, 5.74) is 5.06. The molecule has 0 aromatic rings. The Bertz CT molecular complexity index is 277. The van der Waals surface area contributed by atoms with E-state index < -0.39 is 5.54 Å². The zero-order valence-electron chi connectivity index (χ0n) is 8.27. The topological polar surface area (TPSA) is 66.6 Å². The summed E-state index contributed by atoms with van der Waals surface area (Å²) >= 11 is 0. The third-order valence-corrected chi connectivity index (χ3v) is 3.04. The molecule has 2 fully saturated rings. The SMILES string of the molecule is CC1(N)CCN2CCC(C=O)N2C1=O. The third kappa shape index (κ3) is 1.24. The van der Waals surface area contributed by atoms with Crippen molar-refractivity contribution >= 4 is 12.2 Å². The second-order valence-corrected chi connectivity index (χ2v) is 4.26. The van der Waals surface area contributed by atoms with Crippen LogP contribution in [-0.4, -0.2) is 46.9 Å². The Morgan fingerprint density at radius 2 is 2.29 bits per heavy atom. The lowest BCUT2D eigenvalue weighted by Crippen LogP contribution is -2.63. The number of hydrogen-bond acceptors (Lipinski definition) is 4. The van der Waals surface area contributed by atoms with Gasteiger partial charge in [0.15, 0.2) is 0 Å². The number of amides is 1. The molecule has 0 aliphatic carbocycles.